The number of nitrogens with zero attached hydrogens (tertiary/aromatic N) is 1. The minimum Gasteiger partial charge on any atom is -0.493 e. The SMILES string of the molecule is OCCN(CC1CCOc2ccccc21)CC(F)(F)F. The van der Waals surface area contributed by atoms with Crippen molar-refractivity contribution in [3.63, 3.8) is 0 Å². The van der Waals surface area contributed by atoms with Crippen molar-refractivity contribution >= 4 is 0 Å². The van der Waals surface area contributed by atoms with E-state index in [0.717, 1.165) is 11.3 Å². The Hall–Kier alpha value is -1.27. The Balaban J connectivity index is 2.07. The Morgan fingerprint density at radius 3 is 2.75 bits per heavy atom. The molecule has 20 heavy (non-hydrogen) atoms. The quantitative estimate of drug-likeness (QED) is 0.903. The van der Waals surface area contributed by atoms with Crippen LogP contribution in [-0.4, -0.2) is 49.0 Å². The predicted octanol–water partition coefficient (Wildman–Crippen LogP) is 2.41. The van der Waals surface area contributed by atoms with Gasteiger partial charge < -0.3 is 9.84 Å². The molecule has 0 aliphatic carbocycles. The Labute approximate surface area is 116 Å². The monoisotopic (exact) mass is 289 g/mol. The standard InChI is InChI=1S/C14H18F3NO2/c15-14(16,17)10-18(6-7-19)9-11-5-8-20-13-4-2-1-3-12(11)13/h1-4,11,19H,5-10H2. The maximum Gasteiger partial charge on any atom is 0.401 e. The summed E-state index contributed by atoms with van der Waals surface area (Å²) < 4.78 is 43.1. The van der Waals surface area contributed by atoms with Crippen LogP contribution in [0.4, 0.5) is 13.2 Å². The molecule has 6 heteroatoms. The molecule has 0 bridgehead atoms. The van der Waals surface area contributed by atoms with Gasteiger partial charge in [0.2, 0.25) is 0 Å². The van der Waals surface area contributed by atoms with Crippen LogP contribution in [0.3, 0.4) is 0 Å². The van der Waals surface area contributed by atoms with Crippen LogP contribution in [-0.2, 0) is 0 Å². The van der Waals surface area contributed by atoms with Crippen molar-refractivity contribution < 1.29 is 23.0 Å². The molecule has 1 aliphatic heterocycles. The first kappa shape index (κ1) is 15.1. The molecule has 2 rings (SSSR count). The Morgan fingerprint density at radius 1 is 1.30 bits per heavy atom. The largest absolute Gasteiger partial charge is 0.493 e. The molecule has 1 aromatic rings. The summed E-state index contributed by atoms with van der Waals surface area (Å²) in [5.74, 6) is 0.758. The highest BCUT2D eigenvalue weighted by molar-refractivity contribution is 5.37. The van der Waals surface area contributed by atoms with Gasteiger partial charge in [0.15, 0.2) is 0 Å². The molecule has 1 N–H and O–H groups in total. The molecule has 1 heterocycles. The summed E-state index contributed by atoms with van der Waals surface area (Å²) in [6.45, 7) is -0.450. The van der Waals surface area contributed by atoms with E-state index in [9.17, 15) is 13.2 Å². The normalized spacial score (nSPS) is 18.8. The number of fused-ring (bicyclic) bond motifs is 1. The number of alkyl halides is 3. The summed E-state index contributed by atoms with van der Waals surface area (Å²) in [5.41, 5.74) is 0.948. The van der Waals surface area contributed by atoms with Crippen molar-refractivity contribution in [3.05, 3.63) is 29.8 Å². The molecule has 112 valence electrons. The van der Waals surface area contributed by atoms with Gasteiger partial charge in [0.25, 0.3) is 0 Å². The highest BCUT2D eigenvalue weighted by Gasteiger charge is 2.32. The molecule has 1 aliphatic rings. The number of halogens is 3. The van der Waals surface area contributed by atoms with Crippen LogP contribution in [0.25, 0.3) is 0 Å². The molecular weight excluding hydrogens is 271 g/mol. The van der Waals surface area contributed by atoms with Crippen LogP contribution in [0, 0.1) is 0 Å². The number of aliphatic hydroxyl groups excluding tert-OH is 1. The smallest absolute Gasteiger partial charge is 0.401 e. The van der Waals surface area contributed by atoms with E-state index in [4.69, 9.17) is 9.84 Å². The third kappa shape index (κ3) is 4.11. The zero-order valence-electron chi connectivity index (χ0n) is 11.1. The second-order valence-corrected chi connectivity index (χ2v) is 4.95. The zero-order chi connectivity index (χ0) is 14.6. The highest BCUT2D eigenvalue weighted by Crippen LogP contribution is 2.34. The van der Waals surface area contributed by atoms with Crippen molar-refractivity contribution in [1.82, 2.24) is 4.90 Å². The van der Waals surface area contributed by atoms with Gasteiger partial charge in [-0.05, 0) is 18.1 Å². The molecule has 0 amide bonds. The predicted molar refractivity (Wildman–Crippen MR) is 68.9 cm³/mol. The van der Waals surface area contributed by atoms with Gasteiger partial charge in [-0.3, -0.25) is 4.90 Å². The third-order valence-electron chi connectivity index (χ3n) is 3.38. The summed E-state index contributed by atoms with van der Waals surface area (Å²) in [4.78, 5) is 1.26. The fraction of sp³-hybridized carbons (Fsp3) is 0.571. The molecule has 0 aromatic heterocycles. The van der Waals surface area contributed by atoms with Crippen LogP contribution in [0.2, 0.25) is 0 Å². The first-order chi connectivity index (χ1) is 9.49. The van der Waals surface area contributed by atoms with E-state index < -0.39 is 12.7 Å². The lowest BCUT2D eigenvalue weighted by molar-refractivity contribution is -0.147. The minimum absolute atomic E-state index is 0.00819. The van der Waals surface area contributed by atoms with Gasteiger partial charge in [-0.2, -0.15) is 13.2 Å². The molecule has 1 unspecified atom stereocenters. The molecule has 0 saturated heterocycles. The van der Waals surface area contributed by atoms with Gasteiger partial charge in [-0.25, -0.2) is 0 Å². The number of hydrogen-bond donors (Lipinski definition) is 1. The van der Waals surface area contributed by atoms with E-state index in [1.165, 1.54) is 4.90 Å². The van der Waals surface area contributed by atoms with Gasteiger partial charge >= 0.3 is 6.18 Å². The van der Waals surface area contributed by atoms with Crippen molar-refractivity contribution in [2.75, 3.05) is 32.8 Å². The minimum atomic E-state index is -4.25. The van der Waals surface area contributed by atoms with E-state index in [0.29, 0.717) is 13.0 Å². The molecule has 1 atom stereocenters. The van der Waals surface area contributed by atoms with E-state index >= 15 is 0 Å². The Kier molecular flexibility index (Phi) is 4.88. The maximum absolute atomic E-state index is 12.5. The Bertz CT molecular complexity index is 437. The summed E-state index contributed by atoms with van der Waals surface area (Å²) in [5, 5.41) is 8.92. The summed E-state index contributed by atoms with van der Waals surface area (Å²) >= 11 is 0. The summed E-state index contributed by atoms with van der Waals surface area (Å²) in [6, 6.07) is 7.44. The second-order valence-electron chi connectivity index (χ2n) is 4.95. The maximum atomic E-state index is 12.5. The molecule has 0 radical (unpaired) electrons. The van der Waals surface area contributed by atoms with Crippen molar-refractivity contribution in [2.24, 2.45) is 0 Å². The van der Waals surface area contributed by atoms with Crippen LogP contribution >= 0.6 is 0 Å². The molecule has 0 spiro atoms. The van der Waals surface area contributed by atoms with Gasteiger partial charge in [0, 0.05) is 19.0 Å². The van der Waals surface area contributed by atoms with Crippen LogP contribution in [0.1, 0.15) is 17.9 Å². The number of para-hydroxylation sites is 1. The Morgan fingerprint density at radius 2 is 2.05 bits per heavy atom. The van der Waals surface area contributed by atoms with Crippen LogP contribution in [0.15, 0.2) is 24.3 Å². The number of ether oxygens (including phenoxy) is 1. The van der Waals surface area contributed by atoms with Crippen LogP contribution < -0.4 is 4.74 Å². The molecule has 0 fully saturated rings. The number of aliphatic hydroxyl groups is 1. The lowest BCUT2D eigenvalue weighted by atomic mass is 9.92. The third-order valence-corrected chi connectivity index (χ3v) is 3.38. The van der Waals surface area contributed by atoms with E-state index in [1.54, 1.807) is 0 Å². The van der Waals surface area contributed by atoms with Crippen molar-refractivity contribution in [1.29, 1.82) is 0 Å². The van der Waals surface area contributed by atoms with Gasteiger partial charge in [0.05, 0.1) is 19.8 Å². The topological polar surface area (TPSA) is 32.7 Å². The number of rotatable bonds is 5. The van der Waals surface area contributed by atoms with Crippen LogP contribution in [0.5, 0.6) is 5.75 Å². The highest BCUT2D eigenvalue weighted by atomic mass is 19.4. The fourth-order valence-corrected chi connectivity index (χ4v) is 2.55. The van der Waals surface area contributed by atoms with Gasteiger partial charge in [-0.15, -0.1) is 0 Å². The van der Waals surface area contributed by atoms with Crippen molar-refractivity contribution in [2.45, 2.75) is 18.5 Å². The average molecular weight is 289 g/mol. The molecule has 0 saturated carbocycles. The lowest BCUT2D eigenvalue weighted by Gasteiger charge is -2.31. The first-order valence-corrected chi connectivity index (χ1v) is 6.61. The second kappa shape index (κ2) is 6.45. The first-order valence-electron chi connectivity index (χ1n) is 6.61. The van der Waals surface area contributed by atoms with E-state index in [2.05, 4.69) is 0 Å². The number of benzene rings is 1. The van der Waals surface area contributed by atoms with E-state index in [-0.39, 0.29) is 25.6 Å². The molecular formula is C14H18F3NO2. The summed E-state index contributed by atoms with van der Waals surface area (Å²) in [6.07, 6.45) is -3.56. The van der Waals surface area contributed by atoms with Gasteiger partial charge in [-0.1, -0.05) is 18.2 Å². The fourth-order valence-electron chi connectivity index (χ4n) is 2.55. The summed E-state index contributed by atoms with van der Waals surface area (Å²) in [7, 11) is 0. The number of hydrogen-bond acceptors (Lipinski definition) is 3. The zero-order valence-corrected chi connectivity index (χ0v) is 11.1. The average Bonchev–Trinajstić information content (AvgIpc) is 2.37. The molecule has 1 aromatic carbocycles. The van der Waals surface area contributed by atoms with E-state index in [1.807, 2.05) is 24.3 Å². The van der Waals surface area contributed by atoms with Gasteiger partial charge in [0.1, 0.15) is 5.75 Å². The lowest BCUT2D eigenvalue weighted by Crippen LogP contribution is -2.39. The molecule has 3 nitrogen and oxygen atoms in total. The van der Waals surface area contributed by atoms with Crippen molar-refractivity contribution in [3.8, 4) is 5.75 Å².